The lowest BCUT2D eigenvalue weighted by Gasteiger charge is -2.33. The first kappa shape index (κ1) is 19.2. The first-order chi connectivity index (χ1) is 14.1. The molecular formula is C21H24N4O4. The predicted octanol–water partition coefficient (Wildman–Crippen LogP) is 1.68. The molecule has 0 N–H and O–H groups in total. The number of anilines is 1. The average Bonchev–Trinajstić information content (AvgIpc) is 2.78. The largest absolute Gasteiger partial charge is 0.497 e. The van der Waals surface area contributed by atoms with Gasteiger partial charge in [0.15, 0.2) is 5.78 Å². The quantitative estimate of drug-likeness (QED) is 0.711. The van der Waals surface area contributed by atoms with Crippen LogP contribution >= 0.6 is 0 Å². The number of amides is 1. The lowest BCUT2D eigenvalue weighted by molar-refractivity contribution is -0.118. The number of ketones is 1. The van der Waals surface area contributed by atoms with Gasteiger partial charge < -0.3 is 19.3 Å². The number of fused-ring (bicyclic) bond motifs is 1. The molecule has 1 saturated heterocycles. The van der Waals surface area contributed by atoms with E-state index in [9.17, 15) is 9.59 Å². The standard InChI is InChI=1S/C21H24N4O4/c1-28-15-3-4-16(20(11-15)29-2)14-9-18-17(19(27)10-14)12-22-21(23-18)25-7-5-24(13-26)6-8-25/h3-4,11-14H,5-10H2,1-2H3/t14-/m0/s1. The Bertz CT molecular complexity index is 925. The summed E-state index contributed by atoms with van der Waals surface area (Å²) in [4.78, 5) is 36.6. The Morgan fingerprint density at radius 2 is 1.90 bits per heavy atom. The maximum absolute atomic E-state index is 12.8. The number of methoxy groups -OCH3 is 2. The van der Waals surface area contributed by atoms with E-state index in [-0.39, 0.29) is 11.7 Å². The fraction of sp³-hybridized carbons (Fsp3) is 0.429. The zero-order chi connectivity index (χ0) is 20.4. The average molecular weight is 396 g/mol. The van der Waals surface area contributed by atoms with E-state index in [0.717, 1.165) is 17.7 Å². The zero-order valence-electron chi connectivity index (χ0n) is 16.6. The van der Waals surface area contributed by atoms with Gasteiger partial charge in [-0.2, -0.15) is 0 Å². The Kier molecular flexibility index (Phi) is 5.33. The molecule has 152 valence electrons. The Labute approximate surface area is 169 Å². The van der Waals surface area contributed by atoms with Gasteiger partial charge in [-0.3, -0.25) is 9.59 Å². The second-order valence-corrected chi connectivity index (χ2v) is 7.30. The molecule has 0 radical (unpaired) electrons. The van der Waals surface area contributed by atoms with Gasteiger partial charge in [-0.1, -0.05) is 6.07 Å². The van der Waals surface area contributed by atoms with Crippen molar-refractivity contribution in [1.82, 2.24) is 14.9 Å². The highest BCUT2D eigenvalue weighted by Crippen LogP contribution is 2.38. The minimum atomic E-state index is -0.00878. The molecule has 4 rings (SSSR count). The minimum absolute atomic E-state index is 0.00878. The third-order valence-electron chi connectivity index (χ3n) is 5.65. The van der Waals surface area contributed by atoms with E-state index in [1.807, 2.05) is 18.2 Å². The molecule has 8 nitrogen and oxygen atoms in total. The van der Waals surface area contributed by atoms with Crippen LogP contribution in [0.25, 0.3) is 0 Å². The molecule has 1 aromatic heterocycles. The molecule has 0 saturated carbocycles. The van der Waals surface area contributed by atoms with E-state index in [1.165, 1.54) is 0 Å². The van der Waals surface area contributed by atoms with Crippen LogP contribution in [0.4, 0.5) is 5.95 Å². The molecule has 2 aliphatic rings. The van der Waals surface area contributed by atoms with Crippen LogP contribution in [0.5, 0.6) is 11.5 Å². The normalized spacial score (nSPS) is 19.0. The van der Waals surface area contributed by atoms with Crippen LogP contribution < -0.4 is 14.4 Å². The first-order valence-corrected chi connectivity index (χ1v) is 9.68. The molecule has 1 fully saturated rings. The molecule has 0 unspecified atom stereocenters. The molecule has 29 heavy (non-hydrogen) atoms. The molecule has 1 aliphatic carbocycles. The van der Waals surface area contributed by atoms with Crippen molar-refractivity contribution in [3.8, 4) is 11.5 Å². The third-order valence-corrected chi connectivity index (χ3v) is 5.65. The van der Waals surface area contributed by atoms with Crippen molar-refractivity contribution in [2.45, 2.75) is 18.8 Å². The highest BCUT2D eigenvalue weighted by Gasteiger charge is 2.30. The van der Waals surface area contributed by atoms with Crippen LogP contribution in [-0.4, -0.2) is 67.5 Å². The van der Waals surface area contributed by atoms with Gasteiger partial charge in [0, 0.05) is 50.8 Å². The number of carbonyl (C=O) groups is 2. The molecule has 2 aromatic rings. The summed E-state index contributed by atoms with van der Waals surface area (Å²) >= 11 is 0. The van der Waals surface area contributed by atoms with E-state index in [4.69, 9.17) is 14.5 Å². The molecule has 2 heterocycles. The lowest BCUT2D eigenvalue weighted by Crippen LogP contribution is -2.46. The number of benzene rings is 1. The summed E-state index contributed by atoms with van der Waals surface area (Å²) in [6.45, 7) is 2.66. The van der Waals surface area contributed by atoms with Crippen LogP contribution in [0.3, 0.4) is 0 Å². The van der Waals surface area contributed by atoms with Crippen molar-refractivity contribution in [2.24, 2.45) is 0 Å². The van der Waals surface area contributed by atoms with Gasteiger partial charge in [0.2, 0.25) is 12.4 Å². The summed E-state index contributed by atoms with van der Waals surface area (Å²) in [5, 5.41) is 0. The number of nitrogens with zero attached hydrogens (tertiary/aromatic N) is 4. The van der Waals surface area contributed by atoms with Crippen LogP contribution in [0.2, 0.25) is 0 Å². The summed E-state index contributed by atoms with van der Waals surface area (Å²) in [5.41, 5.74) is 2.35. The van der Waals surface area contributed by atoms with Gasteiger partial charge in [-0.25, -0.2) is 9.97 Å². The number of piperazine rings is 1. The van der Waals surface area contributed by atoms with E-state index < -0.39 is 0 Å². The minimum Gasteiger partial charge on any atom is -0.497 e. The second kappa shape index (κ2) is 8.06. The van der Waals surface area contributed by atoms with Crippen LogP contribution in [0.15, 0.2) is 24.4 Å². The Balaban J connectivity index is 1.60. The van der Waals surface area contributed by atoms with Crippen molar-refractivity contribution >= 4 is 18.1 Å². The van der Waals surface area contributed by atoms with E-state index in [0.29, 0.717) is 62.0 Å². The van der Waals surface area contributed by atoms with Gasteiger partial charge in [-0.15, -0.1) is 0 Å². The Hall–Kier alpha value is -3.16. The predicted molar refractivity (Wildman–Crippen MR) is 107 cm³/mol. The summed E-state index contributed by atoms with van der Waals surface area (Å²) in [5.74, 6) is 2.08. The highest BCUT2D eigenvalue weighted by molar-refractivity contribution is 5.98. The number of hydrogen-bond acceptors (Lipinski definition) is 7. The number of ether oxygens (including phenoxy) is 2. The van der Waals surface area contributed by atoms with Crippen LogP contribution in [-0.2, 0) is 11.2 Å². The smallest absolute Gasteiger partial charge is 0.225 e. The maximum atomic E-state index is 12.8. The molecular weight excluding hydrogens is 372 g/mol. The SMILES string of the molecule is COc1ccc([C@@H]2CC(=O)c3cnc(N4CCN(C=O)CC4)nc3C2)c(OC)c1. The number of aromatic nitrogens is 2. The maximum Gasteiger partial charge on any atom is 0.225 e. The molecule has 0 bridgehead atoms. The topological polar surface area (TPSA) is 84.9 Å². The monoisotopic (exact) mass is 396 g/mol. The Morgan fingerprint density at radius 1 is 1.10 bits per heavy atom. The number of carbonyl (C=O) groups excluding carboxylic acids is 2. The van der Waals surface area contributed by atoms with Crippen molar-refractivity contribution in [1.29, 1.82) is 0 Å². The zero-order valence-corrected chi connectivity index (χ0v) is 16.6. The molecule has 1 atom stereocenters. The molecule has 1 amide bonds. The van der Waals surface area contributed by atoms with Gasteiger partial charge in [0.25, 0.3) is 0 Å². The Morgan fingerprint density at radius 3 is 2.59 bits per heavy atom. The second-order valence-electron chi connectivity index (χ2n) is 7.30. The van der Waals surface area contributed by atoms with Crippen molar-refractivity contribution in [2.75, 3.05) is 45.3 Å². The summed E-state index contributed by atoms with van der Waals surface area (Å²) in [7, 11) is 3.23. The first-order valence-electron chi connectivity index (χ1n) is 9.68. The van der Waals surface area contributed by atoms with E-state index in [2.05, 4.69) is 9.88 Å². The molecule has 8 heteroatoms. The van der Waals surface area contributed by atoms with E-state index in [1.54, 1.807) is 25.3 Å². The molecule has 1 aromatic carbocycles. The van der Waals surface area contributed by atoms with E-state index >= 15 is 0 Å². The fourth-order valence-corrected chi connectivity index (χ4v) is 3.99. The molecule has 0 spiro atoms. The lowest BCUT2D eigenvalue weighted by atomic mass is 9.82. The van der Waals surface area contributed by atoms with Gasteiger partial charge in [0.1, 0.15) is 11.5 Å². The molecule has 1 aliphatic heterocycles. The van der Waals surface area contributed by atoms with Crippen LogP contribution in [0, 0.1) is 0 Å². The van der Waals surface area contributed by atoms with Crippen molar-refractivity contribution < 1.29 is 19.1 Å². The summed E-state index contributed by atoms with van der Waals surface area (Å²) < 4.78 is 10.8. The van der Waals surface area contributed by atoms with Gasteiger partial charge >= 0.3 is 0 Å². The van der Waals surface area contributed by atoms with Gasteiger partial charge in [0.05, 0.1) is 25.5 Å². The third kappa shape index (κ3) is 3.74. The fourth-order valence-electron chi connectivity index (χ4n) is 3.99. The van der Waals surface area contributed by atoms with Crippen molar-refractivity contribution in [3.63, 3.8) is 0 Å². The van der Waals surface area contributed by atoms with Crippen molar-refractivity contribution in [3.05, 3.63) is 41.2 Å². The summed E-state index contributed by atoms with van der Waals surface area (Å²) in [6.07, 6.45) is 3.56. The highest BCUT2D eigenvalue weighted by atomic mass is 16.5. The summed E-state index contributed by atoms with van der Waals surface area (Å²) in [6, 6.07) is 5.68. The number of rotatable bonds is 5. The van der Waals surface area contributed by atoms with Crippen LogP contribution in [0.1, 0.15) is 34.0 Å². The number of hydrogen-bond donors (Lipinski definition) is 0. The number of Topliss-reactive ketones (excluding diaryl/α,β-unsaturated/α-hetero) is 1. The van der Waals surface area contributed by atoms with Gasteiger partial charge in [-0.05, 0) is 18.1 Å².